The van der Waals surface area contributed by atoms with Crippen molar-refractivity contribution < 1.29 is 4.79 Å². The molecule has 0 rings (SSSR count). The summed E-state index contributed by atoms with van der Waals surface area (Å²) in [5.41, 5.74) is 0. The van der Waals surface area contributed by atoms with Gasteiger partial charge < -0.3 is 5.32 Å². The fourth-order valence-electron chi connectivity index (χ4n) is 1.77. The standard InChI is InChI=1S/C16H33NOS2/c1-13(2)9-7-8-12-19-20-16(5,6)11-10-15(18)17-14(3)4/h13-14H,7-12H2,1-6H3,(H,17,18). The molecule has 0 aliphatic rings. The number of hydrogen-bond donors (Lipinski definition) is 1. The van der Waals surface area contributed by atoms with Gasteiger partial charge in [0.05, 0.1) is 0 Å². The van der Waals surface area contributed by atoms with E-state index in [-0.39, 0.29) is 16.7 Å². The van der Waals surface area contributed by atoms with Crippen LogP contribution >= 0.6 is 21.6 Å². The van der Waals surface area contributed by atoms with Crippen LogP contribution < -0.4 is 5.32 Å². The summed E-state index contributed by atoms with van der Waals surface area (Å²) >= 11 is 0. The average Bonchev–Trinajstić information content (AvgIpc) is 2.30. The van der Waals surface area contributed by atoms with Crippen LogP contribution in [0, 0.1) is 5.92 Å². The first-order valence-electron chi connectivity index (χ1n) is 7.83. The topological polar surface area (TPSA) is 29.1 Å². The zero-order chi connectivity index (χ0) is 15.6. The van der Waals surface area contributed by atoms with E-state index in [1.165, 1.54) is 25.0 Å². The molecule has 0 saturated carbocycles. The first-order chi connectivity index (χ1) is 9.23. The second-order valence-corrected chi connectivity index (χ2v) is 9.90. The predicted octanol–water partition coefficient (Wildman–Crippen LogP) is 5.28. The molecule has 0 fully saturated rings. The highest BCUT2D eigenvalue weighted by molar-refractivity contribution is 8.77. The van der Waals surface area contributed by atoms with Crippen molar-refractivity contribution in [3.05, 3.63) is 0 Å². The Labute approximate surface area is 134 Å². The lowest BCUT2D eigenvalue weighted by Gasteiger charge is -2.23. The Morgan fingerprint density at radius 1 is 1.15 bits per heavy atom. The number of hydrogen-bond acceptors (Lipinski definition) is 3. The van der Waals surface area contributed by atoms with Crippen molar-refractivity contribution in [1.82, 2.24) is 5.32 Å². The van der Waals surface area contributed by atoms with E-state index in [1.54, 1.807) is 0 Å². The molecule has 120 valence electrons. The summed E-state index contributed by atoms with van der Waals surface area (Å²) in [7, 11) is 3.90. The van der Waals surface area contributed by atoms with Gasteiger partial charge in [0.25, 0.3) is 0 Å². The molecule has 0 aliphatic heterocycles. The van der Waals surface area contributed by atoms with E-state index in [4.69, 9.17) is 0 Å². The molecule has 0 aromatic rings. The first kappa shape index (κ1) is 20.2. The fraction of sp³-hybridized carbons (Fsp3) is 0.938. The molecule has 2 nitrogen and oxygen atoms in total. The minimum atomic E-state index is 0.176. The monoisotopic (exact) mass is 319 g/mol. The number of carbonyl (C=O) groups excluding carboxylic acids is 1. The molecule has 0 spiro atoms. The molecule has 0 aromatic carbocycles. The number of amides is 1. The van der Waals surface area contributed by atoms with Gasteiger partial charge >= 0.3 is 0 Å². The van der Waals surface area contributed by atoms with Crippen molar-refractivity contribution >= 4 is 27.5 Å². The maximum Gasteiger partial charge on any atom is 0.220 e. The lowest BCUT2D eigenvalue weighted by Crippen LogP contribution is -2.31. The lowest BCUT2D eigenvalue weighted by molar-refractivity contribution is -0.121. The van der Waals surface area contributed by atoms with Gasteiger partial charge in [-0.05, 0) is 46.5 Å². The highest BCUT2D eigenvalue weighted by Gasteiger charge is 2.20. The summed E-state index contributed by atoms with van der Waals surface area (Å²) in [5.74, 6) is 2.22. The van der Waals surface area contributed by atoms with Crippen LogP contribution in [0.25, 0.3) is 0 Å². The molecule has 4 heteroatoms. The summed E-state index contributed by atoms with van der Waals surface area (Å²) in [6.45, 7) is 13.1. The van der Waals surface area contributed by atoms with Crippen LogP contribution in [-0.4, -0.2) is 22.4 Å². The molecule has 1 amide bonds. The third kappa shape index (κ3) is 13.2. The third-order valence-electron chi connectivity index (χ3n) is 2.95. The van der Waals surface area contributed by atoms with Crippen molar-refractivity contribution in [3.63, 3.8) is 0 Å². The largest absolute Gasteiger partial charge is 0.354 e. The van der Waals surface area contributed by atoms with Gasteiger partial charge in [-0.15, -0.1) is 0 Å². The number of nitrogens with one attached hydrogen (secondary N) is 1. The van der Waals surface area contributed by atoms with Crippen LogP contribution in [0.2, 0.25) is 0 Å². The highest BCUT2D eigenvalue weighted by Crippen LogP contribution is 2.39. The van der Waals surface area contributed by atoms with Gasteiger partial charge in [0.2, 0.25) is 5.91 Å². The van der Waals surface area contributed by atoms with Crippen molar-refractivity contribution in [2.24, 2.45) is 5.92 Å². The predicted molar refractivity (Wildman–Crippen MR) is 95.3 cm³/mol. The molecule has 1 N–H and O–H groups in total. The summed E-state index contributed by atoms with van der Waals surface area (Å²) < 4.78 is 0.178. The van der Waals surface area contributed by atoms with Crippen LogP contribution in [-0.2, 0) is 4.79 Å². The molecule has 0 heterocycles. The Hall–Kier alpha value is 0.170. The van der Waals surface area contributed by atoms with Crippen LogP contribution in [0.5, 0.6) is 0 Å². The zero-order valence-corrected chi connectivity index (χ0v) is 15.8. The van der Waals surface area contributed by atoms with Gasteiger partial charge in [0.15, 0.2) is 0 Å². The molecule has 0 saturated heterocycles. The van der Waals surface area contributed by atoms with Gasteiger partial charge in [-0.25, -0.2) is 0 Å². The summed E-state index contributed by atoms with van der Waals surface area (Å²) in [4.78, 5) is 11.7. The Morgan fingerprint density at radius 2 is 1.80 bits per heavy atom. The van der Waals surface area contributed by atoms with Gasteiger partial charge in [-0.3, -0.25) is 4.79 Å². The van der Waals surface area contributed by atoms with Crippen molar-refractivity contribution in [2.75, 3.05) is 5.75 Å². The van der Waals surface area contributed by atoms with Crippen LogP contribution in [0.3, 0.4) is 0 Å². The summed E-state index contributed by atoms with van der Waals surface area (Å²) in [6.07, 6.45) is 5.55. The van der Waals surface area contributed by atoms with E-state index < -0.39 is 0 Å². The third-order valence-corrected chi connectivity index (χ3v) is 6.38. The number of unbranched alkanes of at least 4 members (excludes halogenated alkanes) is 1. The molecule has 0 unspecified atom stereocenters. The molecule has 20 heavy (non-hydrogen) atoms. The van der Waals surface area contributed by atoms with Gasteiger partial charge in [-0.1, -0.05) is 48.3 Å². The fourth-order valence-corrected chi connectivity index (χ4v) is 4.49. The first-order valence-corrected chi connectivity index (χ1v) is 10.1. The molecule has 0 atom stereocenters. The Morgan fingerprint density at radius 3 is 2.35 bits per heavy atom. The number of rotatable bonds is 11. The quantitative estimate of drug-likeness (QED) is 0.415. The van der Waals surface area contributed by atoms with E-state index in [1.807, 2.05) is 35.4 Å². The van der Waals surface area contributed by atoms with Crippen LogP contribution in [0.15, 0.2) is 0 Å². The van der Waals surface area contributed by atoms with Gasteiger partial charge in [0.1, 0.15) is 0 Å². The van der Waals surface area contributed by atoms with Crippen molar-refractivity contribution in [3.8, 4) is 0 Å². The van der Waals surface area contributed by atoms with Gasteiger partial charge in [-0.2, -0.15) is 0 Å². The van der Waals surface area contributed by atoms with Crippen molar-refractivity contribution in [1.29, 1.82) is 0 Å². The Bertz CT molecular complexity index is 265. The summed E-state index contributed by atoms with van der Waals surface area (Å²) in [6, 6.07) is 0.244. The Kier molecular flexibility index (Phi) is 10.9. The molecular formula is C16H33NOS2. The van der Waals surface area contributed by atoms with Crippen LogP contribution in [0.1, 0.15) is 73.6 Å². The second kappa shape index (κ2) is 10.8. The minimum Gasteiger partial charge on any atom is -0.354 e. The normalized spacial score (nSPS) is 12.2. The van der Waals surface area contributed by atoms with Gasteiger partial charge in [0, 0.05) is 23.0 Å². The van der Waals surface area contributed by atoms with E-state index >= 15 is 0 Å². The lowest BCUT2D eigenvalue weighted by atomic mass is 10.1. The zero-order valence-electron chi connectivity index (χ0n) is 14.1. The second-order valence-electron chi connectivity index (χ2n) is 6.78. The van der Waals surface area contributed by atoms with E-state index in [0.29, 0.717) is 6.42 Å². The van der Waals surface area contributed by atoms with Crippen LogP contribution in [0.4, 0.5) is 0 Å². The van der Waals surface area contributed by atoms with E-state index in [9.17, 15) is 4.79 Å². The maximum atomic E-state index is 11.7. The highest BCUT2D eigenvalue weighted by atomic mass is 33.1. The molecule has 0 bridgehead atoms. The molecular weight excluding hydrogens is 286 g/mol. The number of carbonyl (C=O) groups is 1. The summed E-state index contributed by atoms with van der Waals surface area (Å²) in [5, 5.41) is 2.95. The molecule has 0 aliphatic carbocycles. The average molecular weight is 320 g/mol. The molecule has 0 aromatic heterocycles. The van der Waals surface area contributed by atoms with Crippen molar-refractivity contribution in [2.45, 2.75) is 84.4 Å². The minimum absolute atomic E-state index is 0.176. The SMILES string of the molecule is CC(C)CCCCSSC(C)(C)CCC(=O)NC(C)C. The van der Waals surface area contributed by atoms with E-state index in [2.05, 4.69) is 33.0 Å². The smallest absolute Gasteiger partial charge is 0.220 e. The maximum absolute atomic E-state index is 11.7. The molecule has 0 radical (unpaired) electrons. The Balaban J connectivity index is 3.66. The van der Waals surface area contributed by atoms with E-state index in [0.717, 1.165) is 12.3 Å².